The van der Waals surface area contributed by atoms with Gasteiger partial charge in [0.05, 0.1) is 0 Å². The molecule has 3 heteroatoms. The minimum absolute atomic E-state index is 0.365. The van der Waals surface area contributed by atoms with E-state index in [0.29, 0.717) is 12.0 Å². The van der Waals surface area contributed by atoms with Crippen LogP contribution in [0.15, 0.2) is 16.6 Å². The SMILES string of the molecule is Cc1cc(N2CCC(N)C(C)C2)cc(C)c1Br. The first-order chi connectivity index (χ1) is 7.99. The van der Waals surface area contributed by atoms with Crippen molar-refractivity contribution in [1.29, 1.82) is 0 Å². The summed E-state index contributed by atoms with van der Waals surface area (Å²) in [6.45, 7) is 8.70. The van der Waals surface area contributed by atoms with Crippen LogP contribution in [0.4, 0.5) is 5.69 Å². The third-order valence-electron chi connectivity index (χ3n) is 3.76. The van der Waals surface area contributed by atoms with Crippen LogP contribution in [0.5, 0.6) is 0 Å². The number of piperidine rings is 1. The van der Waals surface area contributed by atoms with Gasteiger partial charge in [-0.3, -0.25) is 0 Å². The Hall–Kier alpha value is -0.540. The van der Waals surface area contributed by atoms with Crippen LogP contribution in [0, 0.1) is 19.8 Å². The maximum Gasteiger partial charge on any atom is 0.0372 e. The fraction of sp³-hybridized carbons (Fsp3) is 0.571. The summed E-state index contributed by atoms with van der Waals surface area (Å²) in [5, 5.41) is 0. The lowest BCUT2D eigenvalue weighted by Gasteiger charge is -2.37. The molecular formula is C14H21BrN2. The topological polar surface area (TPSA) is 29.3 Å². The van der Waals surface area contributed by atoms with Gasteiger partial charge in [0.25, 0.3) is 0 Å². The first-order valence-electron chi connectivity index (χ1n) is 6.26. The average molecular weight is 297 g/mol. The summed E-state index contributed by atoms with van der Waals surface area (Å²) in [5.74, 6) is 0.577. The van der Waals surface area contributed by atoms with Crippen LogP contribution in [0.2, 0.25) is 0 Å². The predicted molar refractivity (Wildman–Crippen MR) is 77.6 cm³/mol. The molecule has 0 radical (unpaired) electrons. The quantitative estimate of drug-likeness (QED) is 0.862. The number of hydrogen-bond acceptors (Lipinski definition) is 2. The van der Waals surface area contributed by atoms with Gasteiger partial charge in [-0.15, -0.1) is 0 Å². The standard InChI is InChI=1S/C14H21BrN2/c1-9-6-12(7-10(2)14(9)15)17-5-4-13(16)11(3)8-17/h6-7,11,13H,4-5,8,16H2,1-3H3. The number of anilines is 1. The van der Waals surface area contributed by atoms with Gasteiger partial charge in [0.2, 0.25) is 0 Å². The van der Waals surface area contributed by atoms with Crippen molar-refractivity contribution in [3.8, 4) is 0 Å². The fourth-order valence-corrected chi connectivity index (χ4v) is 2.73. The first kappa shape index (κ1) is 12.9. The van der Waals surface area contributed by atoms with Crippen molar-refractivity contribution in [2.75, 3.05) is 18.0 Å². The lowest BCUT2D eigenvalue weighted by Crippen LogP contribution is -2.46. The Labute approximate surface area is 112 Å². The van der Waals surface area contributed by atoms with E-state index in [9.17, 15) is 0 Å². The van der Waals surface area contributed by atoms with Crippen molar-refractivity contribution in [1.82, 2.24) is 0 Å². The maximum atomic E-state index is 6.07. The van der Waals surface area contributed by atoms with Crippen LogP contribution in [0.3, 0.4) is 0 Å². The summed E-state index contributed by atoms with van der Waals surface area (Å²) >= 11 is 3.62. The van der Waals surface area contributed by atoms with Gasteiger partial charge in [0, 0.05) is 29.3 Å². The van der Waals surface area contributed by atoms with Gasteiger partial charge < -0.3 is 10.6 Å². The summed E-state index contributed by atoms with van der Waals surface area (Å²) in [6.07, 6.45) is 1.09. The van der Waals surface area contributed by atoms with Crippen LogP contribution in [0.1, 0.15) is 24.5 Å². The second kappa shape index (κ2) is 4.99. The Morgan fingerprint density at radius 3 is 2.41 bits per heavy atom. The molecule has 1 fully saturated rings. The predicted octanol–water partition coefficient (Wildman–Crippen LogP) is 3.24. The van der Waals surface area contributed by atoms with E-state index in [1.165, 1.54) is 21.3 Å². The molecule has 1 aliphatic rings. The van der Waals surface area contributed by atoms with Gasteiger partial charge in [0.1, 0.15) is 0 Å². The Morgan fingerprint density at radius 2 is 1.88 bits per heavy atom. The van der Waals surface area contributed by atoms with E-state index in [2.05, 4.69) is 53.7 Å². The van der Waals surface area contributed by atoms with Gasteiger partial charge in [-0.2, -0.15) is 0 Å². The van der Waals surface area contributed by atoms with Crippen LogP contribution in [0.25, 0.3) is 0 Å². The average Bonchev–Trinajstić information content (AvgIpc) is 2.29. The summed E-state index contributed by atoms with van der Waals surface area (Å²) in [4.78, 5) is 2.46. The molecule has 1 aromatic rings. The van der Waals surface area contributed by atoms with Gasteiger partial charge in [-0.1, -0.05) is 22.9 Å². The van der Waals surface area contributed by atoms with Crippen LogP contribution < -0.4 is 10.6 Å². The maximum absolute atomic E-state index is 6.07. The highest BCUT2D eigenvalue weighted by Gasteiger charge is 2.23. The Kier molecular flexibility index (Phi) is 3.79. The third-order valence-corrected chi connectivity index (χ3v) is 5.01. The monoisotopic (exact) mass is 296 g/mol. The number of benzene rings is 1. The molecule has 1 aromatic carbocycles. The number of rotatable bonds is 1. The zero-order chi connectivity index (χ0) is 12.6. The van der Waals surface area contributed by atoms with Crippen molar-refractivity contribution < 1.29 is 0 Å². The van der Waals surface area contributed by atoms with Gasteiger partial charge in [-0.25, -0.2) is 0 Å². The Morgan fingerprint density at radius 1 is 1.29 bits per heavy atom. The summed E-state index contributed by atoms with van der Waals surface area (Å²) in [5.41, 5.74) is 10.0. The largest absolute Gasteiger partial charge is 0.371 e. The summed E-state index contributed by atoms with van der Waals surface area (Å²) in [6, 6.07) is 4.89. The van der Waals surface area contributed by atoms with Gasteiger partial charge >= 0.3 is 0 Å². The van der Waals surface area contributed by atoms with Crippen molar-refractivity contribution in [2.24, 2.45) is 11.7 Å². The molecule has 0 bridgehead atoms. The van der Waals surface area contributed by atoms with E-state index in [1.54, 1.807) is 0 Å². The molecule has 1 saturated heterocycles. The van der Waals surface area contributed by atoms with Crippen molar-refractivity contribution in [3.05, 3.63) is 27.7 Å². The second-order valence-corrected chi connectivity index (χ2v) is 6.06. The number of hydrogen-bond donors (Lipinski definition) is 1. The normalized spacial score (nSPS) is 25.1. The van der Waals surface area contributed by atoms with Crippen LogP contribution >= 0.6 is 15.9 Å². The first-order valence-corrected chi connectivity index (χ1v) is 7.05. The Balaban J connectivity index is 2.23. The number of nitrogens with zero attached hydrogens (tertiary/aromatic N) is 1. The van der Waals surface area contributed by atoms with Gasteiger partial charge in [-0.05, 0) is 49.4 Å². The Bertz CT molecular complexity index is 394. The highest BCUT2D eigenvalue weighted by molar-refractivity contribution is 9.10. The summed E-state index contributed by atoms with van der Waals surface area (Å²) < 4.78 is 1.23. The minimum Gasteiger partial charge on any atom is -0.371 e. The lowest BCUT2D eigenvalue weighted by molar-refractivity contribution is 0.383. The molecule has 2 N–H and O–H groups in total. The molecule has 0 saturated carbocycles. The molecule has 1 heterocycles. The molecule has 2 rings (SSSR count). The van der Waals surface area contributed by atoms with E-state index in [4.69, 9.17) is 5.73 Å². The molecule has 0 aromatic heterocycles. The molecule has 2 nitrogen and oxygen atoms in total. The molecular weight excluding hydrogens is 276 g/mol. The van der Waals surface area contributed by atoms with Crippen molar-refractivity contribution in [3.63, 3.8) is 0 Å². The smallest absolute Gasteiger partial charge is 0.0372 e. The molecule has 0 aliphatic carbocycles. The molecule has 17 heavy (non-hydrogen) atoms. The third kappa shape index (κ3) is 2.66. The zero-order valence-electron chi connectivity index (χ0n) is 10.8. The number of halogens is 1. The molecule has 2 unspecified atom stereocenters. The molecule has 94 valence electrons. The second-order valence-electron chi connectivity index (χ2n) is 5.27. The van der Waals surface area contributed by atoms with E-state index in [0.717, 1.165) is 19.5 Å². The lowest BCUT2D eigenvalue weighted by atomic mass is 9.94. The molecule has 1 aliphatic heterocycles. The van der Waals surface area contributed by atoms with Crippen molar-refractivity contribution in [2.45, 2.75) is 33.2 Å². The molecule has 2 atom stereocenters. The summed E-state index contributed by atoms with van der Waals surface area (Å²) in [7, 11) is 0. The minimum atomic E-state index is 0.365. The van der Waals surface area contributed by atoms with Crippen LogP contribution in [-0.2, 0) is 0 Å². The van der Waals surface area contributed by atoms with E-state index < -0.39 is 0 Å². The van der Waals surface area contributed by atoms with Crippen molar-refractivity contribution >= 4 is 21.6 Å². The molecule has 0 amide bonds. The number of nitrogens with two attached hydrogens (primary N) is 1. The van der Waals surface area contributed by atoms with E-state index in [-0.39, 0.29) is 0 Å². The van der Waals surface area contributed by atoms with E-state index >= 15 is 0 Å². The number of aryl methyl sites for hydroxylation is 2. The fourth-order valence-electron chi connectivity index (χ4n) is 2.50. The zero-order valence-corrected chi connectivity index (χ0v) is 12.4. The van der Waals surface area contributed by atoms with Gasteiger partial charge in [0.15, 0.2) is 0 Å². The highest BCUT2D eigenvalue weighted by Crippen LogP contribution is 2.29. The molecule has 0 spiro atoms. The van der Waals surface area contributed by atoms with E-state index in [1.807, 2.05) is 0 Å². The highest BCUT2D eigenvalue weighted by atomic mass is 79.9. The van der Waals surface area contributed by atoms with Crippen LogP contribution in [-0.4, -0.2) is 19.1 Å².